The Morgan fingerprint density at radius 3 is 1.48 bits per heavy atom. The van der Waals surface area contributed by atoms with Crippen LogP contribution in [0.3, 0.4) is 0 Å². The number of benzene rings is 7. The van der Waals surface area contributed by atoms with Crippen molar-refractivity contribution in [3.63, 3.8) is 0 Å². The highest BCUT2D eigenvalue weighted by Crippen LogP contribution is 2.42. The number of fused-ring (bicyclic) bond motifs is 6. The SMILES string of the molecule is CC(C)(c1ccccc1)c1ccc2c(c1)c1cc(C(C)(C)c3ccccc3)ccc1n2-c1ccc2c(c1)oc1c(-c3ccccc3)nc(-c3ccccc3)nc12. The van der Waals surface area contributed by atoms with Gasteiger partial charge in [-0.1, -0.05) is 161 Å². The Bertz CT molecular complexity index is 2940. The molecule has 3 aromatic heterocycles. The first-order valence-electron chi connectivity index (χ1n) is 19.3. The molecule has 0 N–H and O–H groups in total. The lowest BCUT2D eigenvalue weighted by atomic mass is 9.77. The zero-order valence-corrected chi connectivity index (χ0v) is 32.0. The van der Waals surface area contributed by atoms with Crippen molar-refractivity contribution in [1.82, 2.24) is 14.5 Å². The standard InChI is InChI=1S/C52H41N3O/c1-51(2,36-21-13-7-14-22-36)38-25-29-44-42(31-38)43-32-39(52(3,4)37-23-15-8-16-24-37)26-30-45(43)55(44)40-27-28-41-46(33-40)56-49-47(34-17-9-5-10-18-34)53-50(54-48(41)49)35-19-11-6-12-20-35/h5-33H,1-4H3. The molecule has 0 aliphatic rings. The van der Waals surface area contributed by atoms with Crippen molar-refractivity contribution in [2.45, 2.75) is 38.5 Å². The summed E-state index contributed by atoms with van der Waals surface area (Å²) < 4.78 is 9.16. The minimum atomic E-state index is -0.186. The summed E-state index contributed by atoms with van der Waals surface area (Å²) in [6, 6.07) is 62.5. The summed E-state index contributed by atoms with van der Waals surface area (Å²) >= 11 is 0. The first kappa shape index (κ1) is 33.8. The van der Waals surface area contributed by atoms with Crippen molar-refractivity contribution in [2.75, 3.05) is 0 Å². The second-order valence-corrected chi connectivity index (χ2v) is 15.9. The van der Waals surface area contributed by atoms with Crippen molar-refractivity contribution in [3.8, 4) is 28.3 Å². The maximum Gasteiger partial charge on any atom is 0.180 e. The van der Waals surface area contributed by atoms with E-state index in [9.17, 15) is 0 Å². The maximum absolute atomic E-state index is 6.78. The van der Waals surface area contributed by atoms with Gasteiger partial charge in [-0.15, -0.1) is 0 Å². The van der Waals surface area contributed by atoms with Crippen molar-refractivity contribution < 1.29 is 4.42 Å². The van der Waals surface area contributed by atoms with Crippen LogP contribution in [-0.4, -0.2) is 14.5 Å². The van der Waals surface area contributed by atoms with Crippen molar-refractivity contribution in [2.24, 2.45) is 0 Å². The lowest BCUT2D eigenvalue weighted by Gasteiger charge is -2.27. The molecule has 3 heterocycles. The van der Waals surface area contributed by atoms with Crippen LogP contribution in [0.25, 0.3) is 72.2 Å². The highest BCUT2D eigenvalue weighted by Gasteiger charge is 2.27. The van der Waals surface area contributed by atoms with Gasteiger partial charge in [-0.2, -0.15) is 0 Å². The van der Waals surface area contributed by atoms with Crippen LogP contribution in [0, 0.1) is 0 Å². The van der Waals surface area contributed by atoms with Gasteiger partial charge < -0.3 is 8.98 Å². The fraction of sp³-hybridized carbons (Fsp3) is 0.115. The van der Waals surface area contributed by atoms with E-state index in [2.05, 4.69) is 172 Å². The molecule has 0 saturated carbocycles. The number of hydrogen-bond donors (Lipinski definition) is 0. The van der Waals surface area contributed by atoms with Crippen LogP contribution in [0.5, 0.6) is 0 Å². The molecular formula is C52H41N3O. The topological polar surface area (TPSA) is 43.9 Å². The predicted molar refractivity (Wildman–Crippen MR) is 232 cm³/mol. The number of rotatable bonds is 7. The molecule has 0 aliphatic carbocycles. The third-order valence-corrected chi connectivity index (χ3v) is 11.8. The van der Waals surface area contributed by atoms with Gasteiger partial charge in [0.1, 0.15) is 16.8 Å². The van der Waals surface area contributed by atoms with Gasteiger partial charge in [-0.25, -0.2) is 9.97 Å². The van der Waals surface area contributed by atoms with Crippen LogP contribution in [-0.2, 0) is 10.8 Å². The van der Waals surface area contributed by atoms with Gasteiger partial charge in [0, 0.05) is 49.9 Å². The fourth-order valence-corrected chi connectivity index (χ4v) is 8.40. The molecule has 0 atom stereocenters. The Morgan fingerprint density at radius 2 is 0.946 bits per heavy atom. The van der Waals surface area contributed by atoms with E-state index in [1.165, 1.54) is 33.0 Å². The number of hydrogen-bond acceptors (Lipinski definition) is 3. The lowest BCUT2D eigenvalue weighted by Crippen LogP contribution is -2.18. The van der Waals surface area contributed by atoms with E-state index in [4.69, 9.17) is 14.4 Å². The molecule has 10 rings (SSSR count). The Kier molecular flexibility index (Phi) is 7.79. The largest absolute Gasteiger partial charge is 0.452 e. The van der Waals surface area contributed by atoms with Crippen LogP contribution >= 0.6 is 0 Å². The van der Waals surface area contributed by atoms with Crippen LogP contribution < -0.4 is 0 Å². The van der Waals surface area contributed by atoms with E-state index >= 15 is 0 Å². The first-order valence-corrected chi connectivity index (χ1v) is 19.3. The van der Waals surface area contributed by atoms with Crippen LogP contribution in [0.15, 0.2) is 180 Å². The molecule has 0 spiro atoms. The number of furan rings is 1. The Labute approximate surface area is 326 Å². The molecule has 0 saturated heterocycles. The number of aromatic nitrogens is 3. The van der Waals surface area contributed by atoms with Gasteiger partial charge in [0.25, 0.3) is 0 Å². The van der Waals surface area contributed by atoms with E-state index in [0.29, 0.717) is 11.4 Å². The Balaban J connectivity index is 1.20. The second-order valence-electron chi connectivity index (χ2n) is 15.9. The normalized spacial score (nSPS) is 12.3. The molecule has 0 unspecified atom stereocenters. The summed E-state index contributed by atoms with van der Waals surface area (Å²) in [7, 11) is 0. The smallest absolute Gasteiger partial charge is 0.180 e. The van der Waals surface area contributed by atoms with Gasteiger partial charge in [-0.05, 0) is 58.7 Å². The molecule has 10 aromatic rings. The average Bonchev–Trinajstić information content (AvgIpc) is 3.79. The molecule has 0 bridgehead atoms. The zero-order chi connectivity index (χ0) is 38.0. The summed E-state index contributed by atoms with van der Waals surface area (Å²) in [4.78, 5) is 10.2. The monoisotopic (exact) mass is 723 g/mol. The van der Waals surface area contributed by atoms with Gasteiger partial charge in [0.2, 0.25) is 0 Å². The molecular weight excluding hydrogens is 683 g/mol. The zero-order valence-electron chi connectivity index (χ0n) is 32.0. The third kappa shape index (κ3) is 5.44. The predicted octanol–water partition coefficient (Wildman–Crippen LogP) is 13.5. The summed E-state index contributed by atoms with van der Waals surface area (Å²) in [5.74, 6) is 0.676. The molecule has 4 nitrogen and oxygen atoms in total. The Hall–Kier alpha value is -6.78. The lowest BCUT2D eigenvalue weighted by molar-refractivity contribution is 0.641. The molecule has 7 aromatic carbocycles. The van der Waals surface area contributed by atoms with E-state index in [-0.39, 0.29) is 10.8 Å². The number of nitrogens with zero attached hydrogens (tertiary/aromatic N) is 3. The van der Waals surface area contributed by atoms with Gasteiger partial charge in [0.05, 0.1) is 11.0 Å². The first-order chi connectivity index (χ1) is 27.3. The Morgan fingerprint density at radius 1 is 0.446 bits per heavy atom. The molecule has 0 amide bonds. The maximum atomic E-state index is 6.78. The van der Waals surface area contributed by atoms with E-state index in [0.717, 1.165) is 50.0 Å². The molecule has 0 radical (unpaired) electrons. The van der Waals surface area contributed by atoms with Gasteiger partial charge >= 0.3 is 0 Å². The molecule has 4 heteroatoms. The van der Waals surface area contributed by atoms with Crippen molar-refractivity contribution in [3.05, 3.63) is 198 Å². The average molecular weight is 724 g/mol. The van der Waals surface area contributed by atoms with Crippen LogP contribution in [0.4, 0.5) is 0 Å². The van der Waals surface area contributed by atoms with Crippen molar-refractivity contribution in [1.29, 1.82) is 0 Å². The highest BCUT2D eigenvalue weighted by atomic mass is 16.3. The third-order valence-electron chi connectivity index (χ3n) is 11.8. The van der Waals surface area contributed by atoms with Crippen LogP contribution in [0.1, 0.15) is 49.9 Å². The van der Waals surface area contributed by atoms with E-state index in [1.807, 2.05) is 36.4 Å². The summed E-state index contributed by atoms with van der Waals surface area (Å²) in [5, 5.41) is 3.41. The second kappa shape index (κ2) is 12.9. The minimum Gasteiger partial charge on any atom is -0.452 e. The molecule has 0 fully saturated rings. The van der Waals surface area contributed by atoms with Crippen molar-refractivity contribution >= 4 is 43.9 Å². The molecule has 270 valence electrons. The van der Waals surface area contributed by atoms with E-state index in [1.54, 1.807) is 0 Å². The summed E-state index contributed by atoms with van der Waals surface area (Å²) in [6.45, 7) is 9.27. The van der Waals surface area contributed by atoms with Gasteiger partial charge in [-0.3, -0.25) is 0 Å². The molecule has 0 aliphatic heterocycles. The summed E-state index contributed by atoms with van der Waals surface area (Å²) in [6.07, 6.45) is 0. The highest BCUT2D eigenvalue weighted by molar-refractivity contribution is 6.11. The van der Waals surface area contributed by atoms with E-state index < -0.39 is 0 Å². The fourth-order valence-electron chi connectivity index (χ4n) is 8.40. The quantitative estimate of drug-likeness (QED) is 0.164. The molecule has 56 heavy (non-hydrogen) atoms. The summed E-state index contributed by atoms with van der Waals surface area (Å²) in [5.41, 5.74) is 13.1. The van der Waals surface area contributed by atoms with Crippen LogP contribution in [0.2, 0.25) is 0 Å². The minimum absolute atomic E-state index is 0.186. The van der Waals surface area contributed by atoms with Gasteiger partial charge in [0.15, 0.2) is 11.4 Å².